The van der Waals surface area contributed by atoms with Crippen LogP contribution in [0.2, 0.25) is 0 Å². The molecular weight excluding hydrogens is 410 g/mol. The van der Waals surface area contributed by atoms with E-state index in [1.807, 2.05) is 36.4 Å². The molecule has 0 saturated carbocycles. The first-order valence-corrected chi connectivity index (χ1v) is 10.7. The normalized spacial score (nSPS) is 19.9. The lowest BCUT2D eigenvalue weighted by molar-refractivity contribution is -0.148. The minimum Gasteiger partial charge on any atom is -0.480 e. The van der Waals surface area contributed by atoms with Crippen LogP contribution in [0.25, 0.3) is 11.1 Å². The zero-order chi connectivity index (χ0) is 23.0. The quantitative estimate of drug-likeness (QED) is 0.726. The van der Waals surface area contributed by atoms with Crippen molar-refractivity contribution in [3.05, 3.63) is 59.7 Å². The summed E-state index contributed by atoms with van der Waals surface area (Å²) in [6.45, 7) is 5.25. The molecule has 1 aliphatic heterocycles. The second-order valence-corrected chi connectivity index (χ2v) is 9.28. The molecule has 2 aromatic rings. The third-order valence-corrected chi connectivity index (χ3v) is 5.90. The maximum Gasteiger partial charge on any atom is 0.411 e. The van der Waals surface area contributed by atoms with Gasteiger partial charge >= 0.3 is 18.0 Å². The number of amides is 1. The Balaban J connectivity index is 1.46. The first-order chi connectivity index (χ1) is 15.2. The predicted molar refractivity (Wildman–Crippen MR) is 117 cm³/mol. The second-order valence-electron chi connectivity index (χ2n) is 9.28. The summed E-state index contributed by atoms with van der Waals surface area (Å²) in [5, 5.41) is 9.55. The van der Waals surface area contributed by atoms with E-state index in [4.69, 9.17) is 9.47 Å². The summed E-state index contributed by atoms with van der Waals surface area (Å²) < 4.78 is 11.0. The van der Waals surface area contributed by atoms with Gasteiger partial charge in [0.15, 0.2) is 0 Å². The Morgan fingerprint density at radius 1 is 1.00 bits per heavy atom. The first kappa shape index (κ1) is 21.9. The predicted octanol–water partition coefficient (Wildman–Crippen LogP) is 4.05. The molecule has 2 aliphatic rings. The lowest BCUT2D eigenvalue weighted by atomic mass is 9.98. The van der Waals surface area contributed by atoms with Gasteiger partial charge in [0.1, 0.15) is 18.2 Å². The molecule has 1 fully saturated rings. The van der Waals surface area contributed by atoms with Crippen molar-refractivity contribution in [2.24, 2.45) is 5.92 Å². The molecule has 2 atom stereocenters. The maximum atomic E-state index is 12.9. The molecule has 0 radical (unpaired) electrons. The molecule has 32 heavy (non-hydrogen) atoms. The van der Waals surface area contributed by atoms with Crippen LogP contribution in [0.1, 0.15) is 44.2 Å². The molecule has 7 heteroatoms. The molecule has 0 aromatic heterocycles. The Morgan fingerprint density at radius 3 is 2.09 bits per heavy atom. The summed E-state index contributed by atoms with van der Waals surface area (Å²) in [5.74, 6) is -2.45. The van der Waals surface area contributed by atoms with Gasteiger partial charge in [0.25, 0.3) is 0 Å². The molecule has 7 nitrogen and oxygen atoms in total. The van der Waals surface area contributed by atoms with Crippen LogP contribution in [0, 0.1) is 5.92 Å². The zero-order valence-corrected chi connectivity index (χ0v) is 18.4. The van der Waals surface area contributed by atoms with E-state index in [1.165, 1.54) is 0 Å². The van der Waals surface area contributed by atoms with Crippen molar-refractivity contribution in [2.75, 3.05) is 13.2 Å². The lowest BCUT2D eigenvalue weighted by Crippen LogP contribution is -2.43. The fraction of sp³-hybridized carbons (Fsp3) is 0.400. The zero-order valence-electron chi connectivity index (χ0n) is 18.4. The van der Waals surface area contributed by atoms with Crippen LogP contribution in [0.3, 0.4) is 0 Å². The Hall–Kier alpha value is -3.35. The summed E-state index contributed by atoms with van der Waals surface area (Å²) in [7, 11) is 0. The van der Waals surface area contributed by atoms with Crippen molar-refractivity contribution in [2.45, 2.75) is 44.8 Å². The van der Waals surface area contributed by atoms with Gasteiger partial charge in [-0.2, -0.15) is 0 Å². The highest BCUT2D eigenvalue weighted by atomic mass is 16.6. The highest BCUT2D eigenvalue weighted by molar-refractivity contribution is 5.84. The molecular formula is C25H27NO6. The van der Waals surface area contributed by atoms with Crippen LogP contribution in [-0.4, -0.2) is 52.8 Å². The maximum absolute atomic E-state index is 12.9. The number of ether oxygens (including phenoxy) is 2. The number of nitrogens with zero attached hydrogens (tertiary/aromatic N) is 1. The number of hydrogen-bond acceptors (Lipinski definition) is 5. The van der Waals surface area contributed by atoms with Gasteiger partial charge in [-0.05, 0) is 49.4 Å². The third kappa shape index (κ3) is 4.20. The Bertz CT molecular complexity index is 1010. The minimum absolute atomic E-state index is 0.00521. The Kier molecular flexibility index (Phi) is 5.67. The minimum atomic E-state index is -1.16. The summed E-state index contributed by atoms with van der Waals surface area (Å²) in [5.41, 5.74) is 3.71. The number of carbonyl (C=O) groups excluding carboxylic acids is 2. The number of rotatable bonds is 4. The van der Waals surface area contributed by atoms with Crippen molar-refractivity contribution in [3.8, 4) is 11.1 Å². The molecule has 1 heterocycles. The number of carboxylic acids is 1. The van der Waals surface area contributed by atoms with Crippen LogP contribution >= 0.6 is 0 Å². The monoisotopic (exact) mass is 437 g/mol. The summed E-state index contributed by atoms with van der Waals surface area (Å²) in [6.07, 6.45) is -0.732. The highest BCUT2D eigenvalue weighted by Gasteiger charge is 2.45. The van der Waals surface area contributed by atoms with Gasteiger partial charge in [0.05, 0.1) is 5.92 Å². The Labute approximate surface area is 186 Å². The van der Waals surface area contributed by atoms with E-state index in [0.29, 0.717) is 0 Å². The van der Waals surface area contributed by atoms with E-state index in [2.05, 4.69) is 12.1 Å². The highest BCUT2D eigenvalue weighted by Crippen LogP contribution is 2.44. The van der Waals surface area contributed by atoms with E-state index in [1.54, 1.807) is 20.8 Å². The first-order valence-electron chi connectivity index (χ1n) is 10.7. The number of esters is 1. The molecule has 0 spiro atoms. The van der Waals surface area contributed by atoms with Gasteiger partial charge in [-0.25, -0.2) is 9.59 Å². The van der Waals surface area contributed by atoms with Gasteiger partial charge in [-0.1, -0.05) is 48.5 Å². The summed E-state index contributed by atoms with van der Waals surface area (Å²) in [6, 6.07) is 15.0. The average molecular weight is 437 g/mol. The van der Waals surface area contributed by atoms with E-state index >= 15 is 0 Å². The number of aliphatic carboxylic acids is 1. The fourth-order valence-corrected chi connectivity index (χ4v) is 4.49. The standard InChI is InChI=1S/C25H27NO6/c1-25(2,3)32-24(30)26-13-15(12-21(26)22(27)28)23(29)31-14-20-18-10-6-4-8-16(18)17-9-5-7-11-19(17)20/h4-11,15,20-21H,12-14H2,1-3H3,(H,27,28)/t15?,21-/m0/s1. The SMILES string of the molecule is CC(C)(C)OC(=O)N1CC(C(=O)OCC2c3ccccc3-c3ccccc32)C[C@H]1C(=O)O. The number of fused-ring (bicyclic) bond motifs is 3. The van der Waals surface area contributed by atoms with Gasteiger partial charge in [-0.3, -0.25) is 9.69 Å². The molecule has 0 bridgehead atoms. The van der Waals surface area contributed by atoms with Crippen LogP contribution in [0.4, 0.5) is 4.79 Å². The molecule has 1 aliphatic carbocycles. The molecule has 1 N–H and O–H groups in total. The molecule has 2 aromatic carbocycles. The van der Waals surface area contributed by atoms with E-state index in [-0.39, 0.29) is 25.5 Å². The largest absolute Gasteiger partial charge is 0.480 e. The third-order valence-electron chi connectivity index (χ3n) is 5.90. The number of carboxylic acid groups (broad SMARTS) is 1. The topological polar surface area (TPSA) is 93.1 Å². The Morgan fingerprint density at radius 2 is 1.56 bits per heavy atom. The summed E-state index contributed by atoms with van der Waals surface area (Å²) in [4.78, 5) is 38.1. The van der Waals surface area contributed by atoms with Crippen molar-refractivity contribution in [1.29, 1.82) is 0 Å². The fourth-order valence-electron chi connectivity index (χ4n) is 4.49. The number of likely N-dealkylation sites (tertiary alicyclic amines) is 1. The second kappa shape index (κ2) is 8.30. The number of benzene rings is 2. The van der Waals surface area contributed by atoms with Gasteiger partial charge < -0.3 is 14.6 Å². The van der Waals surface area contributed by atoms with Crippen LogP contribution in [0.15, 0.2) is 48.5 Å². The van der Waals surface area contributed by atoms with Gasteiger partial charge in [0.2, 0.25) is 0 Å². The molecule has 1 saturated heterocycles. The van der Waals surface area contributed by atoms with Crippen LogP contribution in [0.5, 0.6) is 0 Å². The molecule has 168 valence electrons. The van der Waals surface area contributed by atoms with Crippen LogP contribution in [-0.2, 0) is 19.1 Å². The average Bonchev–Trinajstić information content (AvgIpc) is 3.32. The van der Waals surface area contributed by atoms with E-state index < -0.39 is 35.6 Å². The van der Waals surface area contributed by atoms with Crippen molar-refractivity contribution in [1.82, 2.24) is 4.90 Å². The van der Waals surface area contributed by atoms with Gasteiger partial charge in [0, 0.05) is 12.5 Å². The summed E-state index contributed by atoms with van der Waals surface area (Å²) >= 11 is 0. The smallest absolute Gasteiger partial charge is 0.411 e. The molecule has 4 rings (SSSR count). The molecule has 1 unspecified atom stereocenters. The van der Waals surface area contributed by atoms with Crippen LogP contribution < -0.4 is 0 Å². The van der Waals surface area contributed by atoms with Crippen molar-refractivity contribution in [3.63, 3.8) is 0 Å². The number of hydrogen-bond donors (Lipinski definition) is 1. The van der Waals surface area contributed by atoms with Gasteiger partial charge in [-0.15, -0.1) is 0 Å². The van der Waals surface area contributed by atoms with Crippen molar-refractivity contribution < 1.29 is 29.0 Å². The number of carbonyl (C=O) groups is 3. The van der Waals surface area contributed by atoms with E-state index in [9.17, 15) is 19.5 Å². The molecule has 1 amide bonds. The van der Waals surface area contributed by atoms with E-state index in [0.717, 1.165) is 27.2 Å². The lowest BCUT2D eigenvalue weighted by Gasteiger charge is -2.26. The van der Waals surface area contributed by atoms with Crippen molar-refractivity contribution >= 4 is 18.0 Å².